The van der Waals surface area contributed by atoms with Gasteiger partial charge in [-0.1, -0.05) is 0 Å². The number of benzene rings is 3. The fraction of sp³-hybridized carbons (Fsp3) is 0.308. The van der Waals surface area contributed by atoms with Crippen molar-refractivity contribution in [2.45, 2.75) is 4.90 Å². The van der Waals surface area contributed by atoms with E-state index < -0.39 is 10.0 Å². The molecule has 2 N–H and O–H groups in total. The Morgan fingerprint density at radius 3 is 1.63 bits per heavy atom. The zero-order valence-corrected chi connectivity index (χ0v) is 21.5. The van der Waals surface area contributed by atoms with E-state index in [0.29, 0.717) is 44.8 Å². The number of phenolic OH excluding ortho intramolecular Hbond substituents is 2. The molecule has 3 aromatic carbocycles. The van der Waals surface area contributed by atoms with Crippen molar-refractivity contribution in [1.82, 2.24) is 14.6 Å². The SMILES string of the molecule is O=S(=O)(c1ccc(N2CCN(c3ccc(O)cc3)CC2)c2nonc12)N1CCN(c2ccc(O)cc2)CC1. The molecule has 11 nitrogen and oxygen atoms in total. The van der Waals surface area contributed by atoms with Crippen LogP contribution in [0.25, 0.3) is 11.0 Å². The summed E-state index contributed by atoms with van der Waals surface area (Å²) in [4.78, 5) is 6.60. The lowest BCUT2D eigenvalue weighted by atomic mass is 10.2. The number of anilines is 3. The van der Waals surface area contributed by atoms with Crippen molar-refractivity contribution in [2.24, 2.45) is 0 Å². The second-order valence-corrected chi connectivity index (χ2v) is 11.3. The molecular formula is C26H28N6O5S. The van der Waals surface area contributed by atoms with Gasteiger partial charge in [0.2, 0.25) is 10.0 Å². The molecule has 0 bridgehead atoms. The highest BCUT2D eigenvalue weighted by molar-refractivity contribution is 7.89. The highest BCUT2D eigenvalue weighted by Gasteiger charge is 2.32. The van der Waals surface area contributed by atoms with Crippen LogP contribution in [0.2, 0.25) is 0 Å². The molecule has 0 amide bonds. The number of hydrogen-bond donors (Lipinski definition) is 2. The molecule has 0 atom stereocenters. The topological polar surface area (TPSA) is 126 Å². The van der Waals surface area contributed by atoms with Gasteiger partial charge in [-0.15, -0.1) is 0 Å². The first-order valence-corrected chi connectivity index (χ1v) is 13.9. The number of rotatable bonds is 5. The Balaban J connectivity index is 1.18. The third-order valence-corrected chi connectivity index (χ3v) is 9.19. The van der Waals surface area contributed by atoms with Crippen LogP contribution in [-0.4, -0.2) is 85.6 Å². The molecule has 0 aliphatic carbocycles. The molecule has 2 aliphatic heterocycles. The number of piperazine rings is 2. The van der Waals surface area contributed by atoms with Crippen LogP contribution in [0.15, 0.2) is 70.2 Å². The van der Waals surface area contributed by atoms with Gasteiger partial charge < -0.3 is 24.9 Å². The number of hydrogen-bond acceptors (Lipinski definition) is 10. The minimum absolute atomic E-state index is 0.0957. The molecule has 0 unspecified atom stereocenters. The summed E-state index contributed by atoms with van der Waals surface area (Å²) >= 11 is 0. The van der Waals surface area contributed by atoms with Crippen molar-refractivity contribution in [3.05, 3.63) is 60.7 Å². The molecule has 38 heavy (non-hydrogen) atoms. The largest absolute Gasteiger partial charge is 0.508 e. The first kappa shape index (κ1) is 24.3. The Morgan fingerprint density at radius 2 is 1.08 bits per heavy atom. The predicted octanol–water partition coefficient (Wildman–Crippen LogP) is 2.47. The lowest BCUT2D eigenvalue weighted by Crippen LogP contribution is -2.48. The third-order valence-electron chi connectivity index (χ3n) is 7.26. The molecule has 2 saturated heterocycles. The normalized spacial score (nSPS) is 17.3. The van der Waals surface area contributed by atoms with Crippen LogP contribution >= 0.6 is 0 Å². The highest BCUT2D eigenvalue weighted by atomic mass is 32.2. The fourth-order valence-corrected chi connectivity index (χ4v) is 6.69. The van der Waals surface area contributed by atoms with Crippen LogP contribution in [0.5, 0.6) is 11.5 Å². The third kappa shape index (κ3) is 4.45. The van der Waals surface area contributed by atoms with E-state index in [2.05, 4.69) is 25.0 Å². The smallest absolute Gasteiger partial charge is 0.245 e. The van der Waals surface area contributed by atoms with Crippen LogP contribution in [0.3, 0.4) is 0 Å². The summed E-state index contributed by atoms with van der Waals surface area (Å²) in [6.45, 7) is 4.70. The standard InChI is InChI=1S/C26H28N6O5S/c33-21-5-1-19(2-6-21)29-11-13-31(14-12-29)23-9-10-24(26-25(23)27-37-28-26)38(35,36)32-17-15-30(16-18-32)20-3-7-22(34)8-4-20/h1-10,33-34H,11-18H2. The molecule has 0 saturated carbocycles. The minimum Gasteiger partial charge on any atom is -0.508 e. The first-order valence-electron chi connectivity index (χ1n) is 12.5. The molecule has 1 aromatic heterocycles. The summed E-state index contributed by atoms with van der Waals surface area (Å²) in [5.74, 6) is 0.436. The van der Waals surface area contributed by atoms with Gasteiger partial charge in [0.15, 0.2) is 11.0 Å². The fourth-order valence-electron chi connectivity index (χ4n) is 5.15. The number of fused-ring (bicyclic) bond motifs is 1. The second kappa shape index (κ2) is 9.69. The molecular weight excluding hydrogens is 508 g/mol. The monoisotopic (exact) mass is 536 g/mol. The average Bonchev–Trinajstić information content (AvgIpc) is 3.44. The summed E-state index contributed by atoms with van der Waals surface area (Å²) in [6, 6.07) is 17.5. The van der Waals surface area contributed by atoms with Crippen LogP contribution in [0, 0.1) is 0 Å². The summed E-state index contributed by atoms with van der Waals surface area (Å²) in [6.07, 6.45) is 0. The van der Waals surface area contributed by atoms with Gasteiger partial charge in [-0.3, -0.25) is 0 Å². The number of sulfonamides is 1. The Morgan fingerprint density at radius 1 is 0.605 bits per heavy atom. The van der Waals surface area contributed by atoms with E-state index in [1.54, 1.807) is 36.4 Å². The van der Waals surface area contributed by atoms with Crippen LogP contribution in [0.4, 0.5) is 17.1 Å². The maximum Gasteiger partial charge on any atom is 0.245 e. The van der Waals surface area contributed by atoms with Crippen molar-refractivity contribution >= 4 is 38.1 Å². The number of aromatic hydroxyl groups is 2. The Labute approximate surface area is 220 Å². The summed E-state index contributed by atoms with van der Waals surface area (Å²) in [5, 5.41) is 27.2. The maximum atomic E-state index is 13.6. The lowest BCUT2D eigenvalue weighted by molar-refractivity contribution is 0.315. The van der Waals surface area contributed by atoms with Crippen LogP contribution < -0.4 is 14.7 Å². The van der Waals surface area contributed by atoms with Crippen LogP contribution in [-0.2, 0) is 10.0 Å². The Kier molecular flexibility index (Phi) is 6.20. The van der Waals surface area contributed by atoms with E-state index in [9.17, 15) is 18.6 Å². The average molecular weight is 537 g/mol. The van der Waals surface area contributed by atoms with E-state index in [0.717, 1.165) is 30.2 Å². The Bertz CT molecular complexity index is 1520. The van der Waals surface area contributed by atoms with Crippen molar-refractivity contribution in [3.8, 4) is 11.5 Å². The number of nitrogens with zero attached hydrogens (tertiary/aromatic N) is 6. The van der Waals surface area contributed by atoms with Crippen LogP contribution in [0.1, 0.15) is 0 Å². The predicted molar refractivity (Wildman–Crippen MR) is 143 cm³/mol. The van der Waals surface area contributed by atoms with Gasteiger partial charge in [0.1, 0.15) is 16.4 Å². The van der Waals surface area contributed by atoms with Gasteiger partial charge in [-0.25, -0.2) is 13.0 Å². The molecule has 2 fully saturated rings. The highest BCUT2D eigenvalue weighted by Crippen LogP contribution is 2.33. The maximum absolute atomic E-state index is 13.6. The Hall–Kier alpha value is -4.03. The molecule has 0 radical (unpaired) electrons. The lowest BCUT2D eigenvalue weighted by Gasteiger charge is -2.37. The molecule has 6 rings (SSSR count). The van der Waals surface area contributed by atoms with Gasteiger partial charge in [0.25, 0.3) is 0 Å². The van der Waals surface area contributed by atoms with E-state index >= 15 is 0 Å². The van der Waals surface area contributed by atoms with Crippen molar-refractivity contribution in [1.29, 1.82) is 0 Å². The molecule has 2 aliphatic rings. The quantitative estimate of drug-likeness (QED) is 0.393. The molecule has 3 heterocycles. The van der Waals surface area contributed by atoms with Crippen molar-refractivity contribution in [2.75, 3.05) is 67.1 Å². The molecule has 198 valence electrons. The van der Waals surface area contributed by atoms with Crippen molar-refractivity contribution in [3.63, 3.8) is 0 Å². The zero-order valence-electron chi connectivity index (χ0n) is 20.6. The molecule has 12 heteroatoms. The number of aromatic nitrogens is 2. The van der Waals surface area contributed by atoms with Gasteiger partial charge in [0, 0.05) is 63.7 Å². The van der Waals surface area contributed by atoms with Crippen molar-refractivity contribution < 1.29 is 23.3 Å². The summed E-state index contributed by atoms with van der Waals surface area (Å²) in [7, 11) is -3.81. The van der Waals surface area contributed by atoms with Gasteiger partial charge in [-0.2, -0.15) is 4.31 Å². The second-order valence-electron chi connectivity index (χ2n) is 9.44. The molecule has 0 spiro atoms. The first-order chi connectivity index (χ1) is 18.4. The van der Waals surface area contributed by atoms with Gasteiger partial charge in [0.05, 0.1) is 5.69 Å². The summed E-state index contributed by atoms with van der Waals surface area (Å²) in [5.41, 5.74) is 3.46. The van der Waals surface area contributed by atoms with E-state index in [1.165, 1.54) is 4.31 Å². The van der Waals surface area contributed by atoms with E-state index in [-0.39, 0.29) is 21.9 Å². The molecule has 4 aromatic rings. The zero-order chi connectivity index (χ0) is 26.3. The summed E-state index contributed by atoms with van der Waals surface area (Å²) < 4.78 is 33.8. The van der Waals surface area contributed by atoms with E-state index in [1.807, 2.05) is 24.3 Å². The van der Waals surface area contributed by atoms with Gasteiger partial charge >= 0.3 is 0 Å². The van der Waals surface area contributed by atoms with E-state index in [4.69, 9.17) is 4.63 Å². The minimum atomic E-state index is -3.81. The van der Waals surface area contributed by atoms with Gasteiger partial charge in [-0.05, 0) is 71.0 Å². The number of phenols is 2.